The van der Waals surface area contributed by atoms with Crippen LogP contribution in [0.1, 0.15) is 40.0 Å². The van der Waals surface area contributed by atoms with Crippen LogP contribution >= 0.6 is 0 Å². The molecule has 3 aliphatic rings. The van der Waals surface area contributed by atoms with Gasteiger partial charge in [0.1, 0.15) is 12.2 Å². The average molecular weight is 308 g/mol. The van der Waals surface area contributed by atoms with E-state index in [9.17, 15) is 14.7 Å². The van der Waals surface area contributed by atoms with E-state index in [1.54, 1.807) is 0 Å². The number of hydrogen-bond donors (Lipinski definition) is 1. The van der Waals surface area contributed by atoms with E-state index in [0.717, 1.165) is 12.0 Å². The van der Waals surface area contributed by atoms with Crippen molar-refractivity contribution in [3.05, 3.63) is 12.2 Å². The van der Waals surface area contributed by atoms with Crippen LogP contribution in [-0.4, -0.2) is 35.4 Å². The molecular weight excluding hydrogens is 284 g/mol. The first kappa shape index (κ1) is 15.5. The highest BCUT2D eigenvalue weighted by Gasteiger charge is 2.63. The molecule has 0 aromatic rings. The molecule has 0 aromatic carbocycles. The maximum absolute atomic E-state index is 12.1. The summed E-state index contributed by atoms with van der Waals surface area (Å²) >= 11 is 0. The standard InChI is InChI=1S/C17H24O5/c1-8-5-6-12(19)17(4)7-11(21-10(3)18)13-9(2)16(20)22-15(13)14(8)17/h9,11-15,19H,1,5-7H2,2-4H3. The SMILES string of the molecule is C=C1CCC(O)C2(C)CC(OC(C)=O)C3C(C)C(=O)OC3C12. The topological polar surface area (TPSA) is 72.8 Å². The highest BCUT2D eigenvalue weighted by molar-refractivity contribution is 5.75. The monoisotopic (exact) mass is 308 g/mol. The van der Waals surface area contributed by atoms with Gasteiger partial charge < -0.3 is 14.6 Å². The zero-order valence-electron chi connectivity index (χ0n) is 13.4. The molecule has 7 unspecified atom stereocenters. The van der Waals surface area contributed by atoms with Crippen LogP contribution in [0.5, 0.6) is 0 Å². The van der Waals surface area contributed by atoms with Crippen molar-refractivity contribution in [2.45, 2.75) is 58.3 Å². The third kappa shape index (κ3) is 2.09. The predicted molar refractivity (Wildman–Crippen MR) is 78.7 cm³/mol. The Kier molecular flexibility index (Phi) is 3.59. The molecule has 1 aliphatic heterocycles. The lowest BCUT2D eigenvalue weighted by Crippen LogP contribution is -2.58. The van der Waals surface area contributed by atoms with E-state index in [0.29, 0.717) is 12.8 Å². The van der Waals surface area contributed by atoms with Crippen molar-refractivity contribution in [2.24, 2.45) is 23.2 Å². The van der Waals surface area contributed by atoms with Crippen molar-refractivity contribution in [2.75, 3.05) is 0 Å². The summed E-state index contributed by atoms with van der Waals surface area (Å²) < 4.78 is 11.2. The quantitative estimate of drug-likeness (QED) is 0.591. The van der Waals surface area contributed by atoms with Crippen LogP contribution in [0.4, 0.5) is 0 Å². The molecule has 7 atom stereocenters. The average Bonchev–Trinajstić information content (AvgIpc) is 2.70. The van der Waals surface area contributed by atoms with Crippen LogP contribution in [0.25, 0.3) is 0 Å². The van der Waals surface area contributed by atoms with Gasteiger partial charge in [0.15, 0.2) is 0 Å². The largest absolute Gasteiger partial charge is 0.462 e. The number of hydrogen-bond acceptors (Lipinski definition) is 5. The molecule has 5 heteroatoms. The van der Waals surface area contributed by atoms with E-state index in [2.05, 4.69) is 6.58 Å². The summed E-state index contributed by atoms with van der Waals surface area (Å²) in [6.45, 7) is 9.37. The van der Waals surface area contributed by atoms with Crippen molar-refractivity contribution in [3.8, 4) is 0 Å². The fraction of sp³-hybridized carbons (Fsp3) is 0.765. The molecule has 1 saturated heterocycles. The number of rotatable bonds is 1. The zero-order chi connectivity index (χ0) is 16.2. The molecule has 3 fully saturated rings. The first-order chi connectivity index (χ1) is 10.3. The Morgan fingerprint density at radius 3 is 2.82 bits per heavy atom. The van der Waals surface area contributed by atoms with Gasteiger partial charge in [0, 0.05) is 24.2 Å². The van der Waals surface area contributed by atoms with Gasteiger partial charge in [0.2, 0.25) is 0 Å². The molecule has 2 saturated carbocycles. The van der Waals surface area contributed by atoms with Crippen LogP contribution in [0, 0.1) is 23.2 Å². The Labute approximate surface area is 130 Å². The maximum atomic E-state index is 12.1. The number of aliphatic hydroxyl groups is 1. The van der Waals surface area contributed by atoms with E-state index in [4.69, 9.17) is 9.47 Å². The Balaban J connectivity index is 2.02. The Hall–Kier alpha value is -1.36. The number of aliphatic hydroxyl groups excluding tert-OH is 1. The second kappa shape index (κ2) is 5.08. The summed E-state index contributed by atoms with van der Waals surface area (Å²) in [5, 5.41) is 10.6. The first-order valence-electron chi connectivity index (χ1n) is 7.99. The molecule has 5 nitrogen and oxygen atoms in total. The van der Waals surface area contributed by atoms with Gasteiger partial charge in [-0.3, -0.25) is 9.59 Å². The van der Waals surface area contributed by atoms with Gasteiger partial charge in [-0.15, -0.1) is 0 Å². The summed E-state index contributed by atoms with van der Waals surface area (Å²) in [6.07, 6.45) is 0.684. The number of esters is 2. The molecule has 1 heterocycles. The van der Waals surface area contributed by atoms with E-state index < -0.39 is 17.6 Å². The molecule has 0 aromatic heterocycles. The van der Waals surface area contributed by atoms with E-state index in [1.807, 2.05) is 13.8 Å². The van der Waals surface area contributed by atoms with Crippen LogP contribution in [-0.2, 0) is 19.1 Å². The number of fused-ring (bicyclic) bond motifs is 3. The highest BCUT2D eigenvalue weighted by Crippen LogP contribution is 2.58. The normalized spacial score (nSPS) is 47.5. The molecule has 122 valence electrons. The third-order valence-electron chi connectivity index (χ3n) is 5.95. The molecule has 2 aliphatic carbocycles. The Morgan fingerprint density at radius 2 is 2.18 bits per heavy atom. The van der Waals surface area contributed by atoms with E-state index in [1.165, 1.54) is 6.92 Å². The molecule has 0 radical (unpaired) electrons. The van der Waals surface area contributed by atoms with Crippen molar-refractivity contribution < 1.29 is 24.2 Å². The molecule has 0 amide bonds. The van der Waals surface area contributed by atoms with Crippen molar-refractivity contribution in [1.82, 2.24) is 0 Å². The fourth-order valence-electron chi connectivity index (χ4n) is 4.84. The number of carbonyl (C=O) groups is 2. The highest BCUT2D eigenvalue weighted by atomic mass is 16.6. The van der Waals surface area contributed by atoms with Gasteiger partial charge in [-0.25, -0.2) is 0 Å². The summed E-state index contributed by atoms with van der Waals surface area (Å²) in [4.78, 5) is 23.6. The predicted octanol–water partition coefficient (Wildman–Crippen LogP) is 1.83. The molecule has 3 rings (SSSR count). The molecule has 1 N–H and O–H groups in total. The summed E-state index contributed by atoms with van der Waals surface area (Å²) in [5.41, 5.74) is 0.562. The van der Waals surface area contributed by atoms with Gasteiger partial charge in [-0.1, -0.05) is 26.0 Å². The van der Waals surface area contributed by atoms with Crippen molar-refractivity contribution in [3.63, 3.8) is 0 Å². The minimum Gasteiger partial charge on any atom is -0.462 e. The van der Waals surface area contributed by atoms with Crippen molar-refractivity contribution >= 4 is 11.9 Å². The molecule has 0 spiro atoms. The maximum Gasteiger partial charge on any atom is 0.309 e. The lowest BCUT2D eigenvalue weighted by atomic mass is 9.53. The van der Waals surface area contributed by atoms with Gasteiger partial charge in [-0.05, 0) is 19.3 Å². The third-order valence-corrected chi connectivity index (χ3v) is 5.95. The smallest absolute Gasteiger partial charge is 0.309 e. The molecule has 22 heavy (non-hydrogen) atoms. The van der Waals surface area contributed by atoms with Crippen LogP contribution in [0.2, 0.25) is 0 Å². The second-order valence-corrected chi connectivity index (χ2v) is 7.32. The fourth-order valence-corrected chi connectivity index (χ4v) is 4.84. The second-order valence-electron chi connectivity index (χ2n) is 7.32. The zero-order valence-corrected chi connectivity index (χ0v) is 13.4. The molecule has 0 bridgehead atoms. The number of carbonyl (C=O) groups excluding carboxylic acids is 2. The summed E-state index contributed by atoms with van der Waals surface area (Å²) in [7, 11) is 0. The minimum absolute atomic E-state index is 0.0676. The van der Waals surface area contributed by atoms with Crippen LogP contribution in [0.15, 0.2) is 12.2 Å². The van der Waals surface area contributed by atoms with Crippen LogP contribution in [0.3, 0.4) is 0 Å². The van der Waals surface area contributed by atoms with Gasteiger partial charge in [0.25, 0.3) is 0 Å². The van der Waals surface area contributed by atoms with Gasteiger partial charge in [0.05, 0.1) is 12.0 Å². The molecular formula is C17H24O5. The van der Waals surface area contributed by atoms with E-state index in [-0.39, 0.29) is 35.8 Å². The Morgan fingerprint density at radius 1 is 1.50 bits per heavy atom. The summed E-state index contributed by atoms with van der Waals surface area (Å²) in [5.74, 6) is -1.13. The van der Waals surface area contributed by atoms with Gasteiger partial charge >= 0.3 is 11.9 Å². The Bertz CT molecular complexity index is 527. The van der Waals surface area contributed by atoms with Crippen molar-refractivity contribution in [1.29, 1.82) is 0 Å². The first-order valence-corrected chi connectivity index (χ1v) is 7.99. The van der Waals surface area contributed by atoms with Gasteiger partial charge in [-0.2, -0.15) is 0 Å². The lowest BCUT2D eigenvalue weighted by molar-refractivity contribution is -0.178. The minimum atomic E-state index is -0.503. The van der Waals surface area contributed by atoms with E-state index >= 15 is 0 Å². The van der Waals surface area contributed by atoms with Crippen LogP contribution < -0.4 is 0 Å². The summed E-state index contributed by atoms with van der Waals surface area (Å²) in [6, 6.07) is 0. The number of ether oxygens (including phenoxy) is 2. The lowest BCUT2D eigenvalue weighted by Gasteiger charge is -2.54.